The Morgan fingerprint density at radius 3 is 2.72 bits per heavy atom. The van der Waals surface area contributed by atoms with Crippen LogP contribution in [0.4, 0.5) is 0 Å². The van der Waals surface area contributed by atoms with Gasteiger partial charge in [-0.1, -0.05) is 35.7 Å². The van der Waals surface area contributed by atoms with E-state index >= 15 is 0 Å². The van der Waals surface area contributed by atoms with Crippen molar-refractivity contribution in [3.63, 3.8) is 0 Å². The third-order valence-corrected chi connectivity index (χ3v) is 5.98. The van der Waals surface area contributed by atoms with Gasteiger partial charge in [0.25, 0.3) is 0 Å². The smallest absolute Gasteiger partial charge is 0.310 e. The number of benzene rings is 1. The largest absolute Gasteiger partial charge is 0.481 e. The monoisotopic (exact) mass is 386 g/mol. The summed E-state index contributed by atoms with van der Waals surface area (Å²) in [5.41, 5.74) is 0.696. The van der Waals surface area contributed by atoms with Gasteiger partial charge in [0.2, 0.25) is 0 Å². The summed E-state index contributed by atoms with van der Waals surface area (Å²) in [6.07, 6.45) is 6.66. The molecule has 0 aromatic heterocycles. The molecule has 1 aromatic rings. The number of carbonyl (C=O) groups is 1. The summed E-state index contributed by atoms with van der Waals surface area (Å²) < 4.78 is 11.8. The second kappa shape index (κ2) is 8.72. The van der Waals surface area contributed by atoms with Crippen molar-refractivity contribution in [2.45, 2.75) is 63.3 Å². The molecule has 138 valence electrons. The lowest BCUT2D eigenvalue weighted by molar-refractivity contribution is -0.195. The van der Waals surface area contributed by atoms with Crippen molar-refractivity contribution < 1.29 is 19.4 Å². The van der Waals surface area contributed by atoms with Gasteiger partial charge in [-0.25, -0.2) is 0 Å². The Morgan fingerprint density at radius 1 is 1.20 bits per heavy atom. The van der Waals surface area contributed by atoms with E-state index in [0.717, 1.165) is 45.1 Å². The standard InChI is InChI=1S/C19H24Cl2O4/c20-15-8-7-12(11-16(15)21)14(19(22)23)10-13-4-3-5-17(13)25-18-6-1-2-9-24-18/h7-8,11,13-14,17-18H,1-6,9-10H2,(H,22,23). The van der Waals surface area contributed by atoms with Crippen molar-refractivity contribution in [2.75, 3.05) is 6.61 Å². The average Bonchev–Trinajstić information content (AvgIpc) is 3.03. The Balaban J connectivity index is 1.67. The Labute approximate surface area is 158 Å². The first-order chi connectivity index (χ1) is 12.0. The molecule has 2 aliphatic rings. The Bertz CT molecular complexity index is 601. The summed E-state index contributed by atoms with van der Waals surface area (Å²) in [5, 5.41) is 10.5. The molecule has 0 radical (unpaired) electrons. The molecule has 1 aliphatic heterocycles. The van der Waals surface area contributed by atoms with Crippen LogP contribution in [0, 0.1) is 5.92 Å². The van der Waals surface area contributed by atoms with Crippen LogP contribution < -0.4 is 0 Å². The number of rotatable bonds is 6. The maximum atomic E-state index is 11.8. The summed E-state index contributed by atoms with van der Waals surface area (Å²) in [5.74, 6) is -1.21. The van der Waals surface area contributed by atoms with E-state index in [1.807, 2.05) is 0 Å². The molecule has 1 aromatic carbocycles. The third-order valence-electron chi connectivity index (χ3n) is 5.24. The maximum absolute atomic E-state index is 11.8. The van der Waals surface area contributed by atoms with E-state index in [1.54, 1.807) is 18.2 Å². The zero-order valence-corrected chi connectivity index (χ0v) is 15.6. The number of aliphatic carboxylic acids is 1. The van der Waals surface area contributed by atoms with Gasteiger partial charge in [-0.2, -0.15) is 0 Å². The molecule has 1 N–H and O–H groups in total. The summed E-state index contributed by atoms with van der Waals surface area (Å²) in [7, 11) is 0. The molecule has 1 saturated carbocycles. The average molecular weight is 387 g/mol. The lowest BCUT2D eigenvalue weighted by atomic mass is 9.87. The maximum Gasteiger partial charge on any atom is 0.310 e. The van der Waals surface area contributed by atoms with Gasteiger partial charge >= 0.3 is 5.97 Å². The predicted octanol–water partition coefficient (Wildman–Crippen LogP) is 5.26. The van der Waals surface area contributed by atoms with Crippen LogP contribution in [0.1, 0.15) is 56.4 Å². The number of hydrogen-bond acceptors (Lipinski definition) is 3. The van der Waals surface area contributed by atoms with Gasteiger partial charge in [-0.3, -0.25) is 4.79 Å². The summed E-state index contributed by atoms with van der Waals surface area (Å²) >= 11 is 12.0. The van der Waals surface area contributed by atoms with E-state index in [2.05, 4.69) is 0 Å². The zero-order chi connectivity index (χ0) is 17.8. The Kier molecular flexibility index (Phi) is 6.61. The molecule has 2 fully saturated rings. The van der Waals surface area contributed by atoms with E-state index in [0.29, 0.717) is 22.0 Å². The van der Waals surface area contributed by atoms with Crippen molar-refractivity contribution in [1.29, 1.82) is 0 Å². The summed E-state index contributed by atoms with van der Waals surface area (Å²) in [4.78, 5) is 11.8. The number of carboxylic acid groups (broad SMARTS) is 1. The van der Waals surface area contributed by atoms with Crippen LogP contribution in [0.2, 0.25) is 10.0 Å². The fraction of sp³-hybridized carbons (Fsp3) is 0.632. The van der Waals surface area contributed by atoms with E-state index in [1.165, 1.54) is 0 Å². The first-order valence-electron chi connectivity index (χ1n) is 8.99. The molecule has 1 heterocycles. The van der Waals surface area contributed by atoms with Crippen LogP contribution in [0.3, 0.4) is 0 Å². The molecule has 4 unspecified atom stereocenters. The minimum atomic E-state index is -0.835. The van der Waals surface area contributed by atoms with Gasteiger partial charge < -0.3 is 14.6 Å². The lowest BCUT2D eigenvalue weighted by Gasteiger charge is -2.30. The normalized spacial score (nSPS) is 28.0. The summed E-state index contributed by atoms with van der Waals surface area (Å²) in [6.45, 7) is 0.753. The molecule has 4 atom stereocenters. The Hall–Kier alpha value is -0.810. The number of carboxylic acids is 1. The van der Waals surface area contributed by atoms with Crippen LogP contribution in [-0.2, 0) is 14.3 Å². The summed E-state index contributed by atoms with van der Waals surface area (Å²) in [6, 6.07) is 5.08. The molecule has 6 heteroatoms. The quantitative estimate of drug-likeness (QED) is 0.723. The number of ether oxygens (including phenoxy) is 2. The molecule has 1 aliphatic carbocycles. The highest BCUT2D eigenvalue weighted by Gasteiger charge is 2.35. The van der Waals surface area contributed by atoms with Crippen molar-refractivity contribution in [2.24, 2.45) is 5.92 Å². The van der Waals surface area contributed by atoms with E-state index in [-0.39, 0.29) is 18.3 Å². The third kappa shape index (κ3) is 4.88. The van der Waals surface area contributed by atoms with Crippen LogP contribution in [0.25, 0.3) is 0 Å². The number of halogens is 2. The van der Waals surface area contributed by atoms with Gasteiger partial charge in [-0.15, -0.1) is 0 Å². The number of hydrogen-bond donors (Lipinski definition) is 1. The van der Waals surface area contributed by atoms with E-state index < -0.39 is 11.9 Å². The van der Waals surface area contributed by atoms with Gasteiger partial charge in [0.1, 0.15) is 0 Å². The van der Waals surface area contributed by atoms with E-state index in [9.17, 15) is 9.90 Å². The minimum absolute atomic E-state index is 0.0766. The molecular weight excluding hydrogens is 363 g/mol. The predicted molar refractivity (Wildman–Crippen MR) is 97.3 cm³/mol. The molecule has 3 rings (SSSR count). The molecule has 0 spiro atoms. The second-order valence-electron chi connectivity index (χ2n) is 6.96. The first-order valence-corrected chi connectivity index (χ1v) is 9.75. The van der Waals surface area contributed by atoms with Crippen molar-refractivity contribution in [1.82, 2.24) is 0 Å². The van der Waals surface area contributed by atoms with Crippen LogP contribution in [0.5, 0.6) is 0 Å². The lowest BCUT2D eigenvalue weighted by Crippen LogP contribution is -2.31. The first kappa shape index (κ1) is 19.0. The fourth-order valence-corrected chi connectivity index (χ4v) is 4.18. The molecule has 1 saturated heterocycles. The second-order valence-corrected chi connectivity index (χ2v) is 7.78. The van der Waals surface area contributed by atoms with Gasteiger partial charge in [-0.05, 0) is 62.1 Å². The molecule has 4 nitrogen and oxygen atoms in total. The van der Waals surface area contributed by atoms with Crippen LogP contribution in [-0.4, -0.2) is 30.1 Å². The highest BCUT2D eigenvalue weighted by molar-refractivity contribution is 6.42. The van der Waals surface area contributed by atoms with Crippen LogP contribution in [0.15, 0.2) is 18.2 Å². The molecular formula is C19H24Cl2O4. The topological polar surface area (TPSA) is 55.8 Å². The molecule has 25 heavy (non-hydrogen) atoms. The molecule has 0 amide bonds. The van der Waals surface area contributed by atoms with Crippen molar-refractivity contribution in [3.05, 3.63) is 33.8 Å². The SMILES string of the molecule is O=C(O)C(CC1CCCC1OC1CCCCO1)c1ccc(Cl)c(Cl)c1. The van der Waals surface area contributed by atoms with Gasteiger partial charge in [0.15, 0.2) is 6.29 Å². The fourth-order valence-electron chi connectivity index (χ4n) is 3.88. The van der Waals surface area contributed by atoms with Gasteiger partial charge in [0.05, 0.1) is 22.1 Å². The van der Waals surface area contributed by atoms with Crippen molar-refractivity contribution >= 4 is 29.2 Å². The highest BCUT2D eigenvalue weighted by atomic mass is 35.5. The Morgan fingerprint density at radius 2 is 2.04 bits per heavy atom. The van der Waals surface area contributed by atoms with Crippen molar-refractivity contribution in [3.8, 4) is 0 Å². The van der Waals surface area contributed by atoms with Crippen LogP contribution >= 0.6 is 23.2 Å². The molecule has 0 bridgehead atoms. The minimum Gasteiger partial charge on any atom is -0.481 e. The highest BCUT2D eigenvalue weighted by Crippen LogP contribution is 2.38. The zero-order valence-electron chi connectivity index (χ0n) is 14.1. The van der Waals surface area contributed by atoms with E-state index in [4.69, 9.17) is 32.7 Å². The van der Waals surface area contributed by atoms with Gasteiger partial charge in [0, 0.05) is 6.61 Å².